The van der Waals surface area contributed by atoms with E-state index in [0.29, 0.717) is 19.1 Å². The summed E-state index contributed by atoms with van der Waals surface area (Å²) in [5.41, 5.74) is 0. The summed E-state index contributed by atoms with van der Waals surface area (Å²) in [6, 6.07) is 0.411. The van der Waals surface area contributed by atoms with Crippen LogP contribution in [0.3, 0.4) is 0 Å². The van der Waals surface area contributed by atoms with Crippen molar-refractivity contribution in [3.8, 4) is 0 Å². The zero-order chi connectivity index (χ0) is 11.6. The molecule has 1 unspecified atom stereocenters. The quantitative estimate of drug-likeness (QED) is 0.718. The van der Waals surface area contributed by atoms with Gasteiger partial charge in [-0.2, -0.15) is 4.31 Å². The molecule has 0 aromatic carbocycles. The average Bonchev–Trinajstić information content (AvgIpc) is 2.83. The number of likely N-dealkylation sites (tertiary alicyclic amines) is 1. The summed E-state index contributed by atoms with van der Waals surface area (Å²) in [6.07, 6.45) is 4.57. The third-order valence-corrected chi connectivity index (χ3v) is 5.77. The largest absolute Gasteiger partial charge is 0.299 e. The van der Waals surface area contributed by atoms with Crippen LogP contribution in [0.2, 0.25) is 0 Å². The van der Waals surface area contributed by atoms with Crippen molar-refractivity contribution >= 4 is 21.6 Å². The van der Waals surface area contributed by atoms with Gasteiger partial charge in [0, 0.05) is 19.1 Å². The third-order valence-electron chi connectivity index (χ3n) is 3.55. The topological polar surface area (TPSA) is 40.6 Å². The van der Waals surface area contributed by atoms with Crippen LogP contribution in [0, 0.1) is 0 Å². The lowest BCUT2D eigenvalue weighted by Gasteiger charge is -2.36. The van der Waals surface area contributed by atoms with Crippen molar-refractivity contribution in [2.75, 3.05) is 31.4 Å². The minimum Gasteiger partial charge on any atom is -0.299 e. The molecule has 2 saturated heterocycles. The fourth-order valence-corrected chi connectivity index (χ4v) is 4.01. The molecule has 6 heteroatoms. The lowest BCUT2D eigenvalue weighted by Crippen LogP contribution is -2.49. The highest BCUT2D eigenvalue weighted by Crippen LogP contribution is 2.22. The van der Waals surface area contributed by atoms with E-state index >= 15 is 0 Å². The highest BCUT2D eigenvalue weighted by molar-refractivity contribution is 7.90. The Balaban J connectivity index is 1.98. The smallest absolute Gasteiger partial charge is 0.228 e. The molecule has 0 bridgehead atoms. The summed E-state index contributed by atoms with van der Waals surface area (Å²) in [5.74, 6) is 0. The van der Waals surface area contributed by atoms with E-state index in [9.17, 15) is 8.42 Å². The zero-order valence-electron chi connectivity index (χ0n) is 9.44. The van der Waals surface area contributed by atoms with Crippen molar-refractivity contribution in [3.63, 3.8) is 0 Å². The van der Waals surface area contributed by atoms with Crippen LogP contribution >= 0.6 is 11.6 Å². The van der Waals surface area contributed by atoms with E-state index in [1.54, 1.807) is 4.31 Å². The molecule has 0 aliphatic carbocycles. The van der Waals surface area contributed by atoms with Crippen molar-refractivity contribution < 1.29 is 8.42 Å². The van der Waals surface area contributed by atoms with Crippen LogP contribution in [-0.2, 0) is 10.0 Å². The lowest BCUT2D eigenvalue weighted by molar-refractivity contribution is 0.162. The van der Waals surface area contributed by atoms with Gasteiger partial charge in [0.15, 0.2) is 0 Å². The molecular formula is C10H19ClN2O2S. The van der Waals surface area contributed by atoms with E-state index in [4.69, 9.17) is 11.6 Å². The van der Waals surface area contributed by atoms with Crippen molar-refractivity contribution in [2.24, 2.45) is 0 Å². The van der Waals surface area contributed by atoms with Crippen molar-refractivity contribution in [1.82, 2.24) is 9.21 Å². The molecule has 0 aromatic rings. The Morgan fingerprint density at radius 2 is 1.81 bits per heavy atom. The normalized spacial score (nSPS) is 29.7. The van der Waals surface area contributed by atoms with Gasteiger partial charge in [-0.25, -0.2) is 8.42 Å². The Labute approximate surface area is 103 Å². The number of rotatable bonds is 3. The minimum atomic E-state index is -3.21. The summed E-state index contributed by atoms with van der Waals surface area (Å²) in [7, 11) is -3.21. The third kappa shape index (κ3) is 2.70. The Hall–Kier alpha value is 0.160. The first kappa shape index (κ1) is 12.6. The molecule has 0 saturated carbocycles. The van der Waals surface area contributed by atoms with Gasteiger partial charge in [-0.15, -0.1) is 11.6 Å². The van der Waals surface area contributed by atoms with Crippen molar-refractivity contribution in [2.45, 2.75) is 31.7 Å². The molecule has 0 amide bonds. The van der Waals surface area contributed by atoms with Gasteiger partial charge in [0.05, 0.1) is 0 Å². The monoisotopic (exact) mass is 266 g/mol. The molecule has 2 aliphatic heterocycles. The van der Waals surface area contributed by atoms with E-state index in [2.05, 4.69) is 4.90 Å². The van der Waals surface area contributed by atoms with E-state index in [1.807, 2.05) is 0 Å². The summed E-state index contributed by atoms with van der Waals surface area (Å²) in [4.78, 5) is 2.43. The van der Waals surface area contributed by atoms with Gasteiger partial charge >= 0.3 is 0 Å². The maximum absolute atomic E-state index is 11.7. The summed E-state index contributed by atoms with van der Waals surface area (Å²) >= 11 is 5.49. The van der Waals surface area contributed by atoms with Crippen LogP contribution in [0.5, 0.6) is 0 Å². The van der Waals surface area contributed by atoms with Crippen molar-refractivity contribution in [3.05, 3.63) is 0 Å². The Morgan fingerprint density at radius 1 is 1.12 bits per heavy atom. The molecule has 2 rings (SSSR count). The van der Waals surface area contributed by atoms with Crippen LogP contribution in [0.4, 0.5) is 0 Å². The summed E-state index contributed by atoms with van der Waals surface area (Å²) in [6.45, 7) is 3.52. The Morgan fingerprint density at radius 3 is 2.44 bits per heavy atom. The first-order chi connectivity index (χ1) is 7.63. The molecule has 0 N–H and O–H groups in total. The first-order valence-corrected chi connectivity index (χ1v) is 8.06. The van der Waals surface area contributed by atoms with E-state index in [-0.39, 0.29) is 5.21 Å². The molecule has 1 atom stereocenters. The van der Waals surface area contributed by atoms with E-state index in [1.165, 1.54) is 12.8 Å². The number of alkyl halides is 1. The maximum Gasteiger partial charge on any atom is 0.228 e. The predicted molar refractivity (Wildman–Crippen MR) is 65.0 cm³/mol. The van der Waals surface area contributed by atoms with Gasteiger partial charge < -0.3 is 0 Å². The maximum atomic E-state index is 11.7. The van der Waals surface area contributed by atoms with Gasteiger partial charge in [0.2, 0.25) is 10.0 Å². The number of halogens is 1. The standard InChI is InChI=1S/C10H19ClN2O2S/c11-9-16(14,15)13-7-3-4-10(8-13)12-5-1-2-6-12/h10H,1-9H2. The molecular weight excluding hydrogens is 248 g/mol. The fraction of sp³-hybridized carbons (Fsp3) is 1.00. The zero-order valence-corrected chi connectivity index (χ0v) is 11.0. The van der Waals surface area contributed by atoms with Crippen LogP contribution in [0.25, 0.3) is 0 Å². The van der Waals surface area contributed by atoms with E-state index in [0.717, 1.165) is 25.9 Å². The second-order valence-corrected chi connectivity index (χ2v) is 7.17. The lowest BCUT2D eigenvalue weighted by atomic mass is 10.1. The van der Waals surface area contributed by atoms with Crippen molar-refractivity contribution in [1.29, 1.82) is 0 Å². The minimum absolute atomic E-state index is 0.292. The SMILES string of the molecule is O=S(=O)(CCl)N1CCCC(N2CCCC2)C1. The van der Waals surface area contributed by atoms with Crippen LogP contribution < -0.4 is 0 Å². The summed E-state index contributed by atoms with van der Waals surface area (Å²) in [5, 5.41) is -0.292. The van der Waals surface area contributed by atoms with Gasteiger partial charge in [0.25, 0.3) is 0 Å². The van der Waals surface area contributed by atoms with Gasteiger partial charge in [-0.3, -0.25) is 4.90 Å². The second-order valence-electron chi connectivity index (χ2n) is 4.62. The first-order valence-electron chi connectivity index (χ1n) is 5.91. The number of piperidine rings is 1. The number of sulfonamides is 1. The molecule has 16 heavy (non-hydrogen) atoms. The highest BCUT2D eigenvalue weighted by atomic mass is 35.5. The molecule has 0 aromatic heterocycles. The van der Waals surface area contributed by atoms with Crippen LogP contribution in [0.1, 0.15) is 25.7 Å². The molecule has 2 heterocycles. The Kier molecular flexibility index (Phi) is 4.11. The van der Waals surface area contributed by atoms with Crippen LogP contribution in [0.15, 0.2) is 0 Å². The average molecular weight is 267 g/mol. The summed E-state index contributed by atoms with van der Waals surface area (Å²) < 4.78 is 24.9. The number of hydrogen-bond acceptors (Lipinski definition) is 3. The van der Waals surface area contributed by atoms with E-state index < -0.39 is 10.0 Å². The molecule has 4 nitrogen and oxygen atoms in total. The molecule has 94 valence electrons. The van der Waals surface area contributed by atoms with Gasteiger partial charge in [-0.05, 0) is 38.8 Å². The predicted octanol–water partition coefficient (Wildman–Crippen LogP) is 1.07. The van der Waals surface area contributed by atoms with Gasteiger partial charge in [0.1, 0.15) is 5.21 Å². The Bertz CT molecular complexity index is 328. The molecule has 2 fully saturated rings. The van der Waals surface area contributed by atoms with Crippen LogP contribution in [-0.4, -0.2) is 55.1 Å². The number of nitrogens with zero attached hydrogens (tertiary/aromatic N) is 2. The number of hydrogen-bond donors (Lipinski definition) is 0. The highest BCUT2D eigenvalue weighted by Gasteiger charge is 2.31. The molecule has 0 spiro atoms. The fourth-order valence-electron chi connectivity index (χ4n) is 2.65. The van der Waals surface area contributed by atoms with Gasteiger partial charge in [-0.1, -0.05) is 0 Å². The molecule has 2 aliphatic rings. The molecule has 0 radical (unpaired) electrons. The second kappa shape index (κ2) is 5.21.